The smallest absolute Gasteiger partial charge is 0.395 e. The third kappa shape index (κ3) is 6.85. The number of aliphatic hydroxyl groups is 2. The lowest BCUT2D eigenvalue weighted by atomic mass is 9.96. The Labute approximate surface area is 289 Å². The zero-order valence-electron chi connectivity index (χ0n) is 26.2. The number of esters is 1. The Balaban J connectivity index is 1.22. The predicted octanol–water partition coefficient (Wildman–Crippen LogP) is 2.61. The summed E-state index contributed by atoms with van der Waals surface area (Å²) in [5.41, 5.74) is 4.61. The van der Waals surface area contributed by atoms with E-state index in [1.165, 1.54) is 25.5 Å². The van der Waals surface area contributed by atoms with Gasteiger partial charge >= 0.3 is 14.1 Å². The van der Waals surface area contributed by atoms with E-state index in [2.05, 4.69) is 19.7 Å². The summed E-state index contributed by atoms with van der Waals surface area (Å²) in [6, 6.07) is 9.60. The Kier molecular flexibility index (Phi) is 10.2. The number of anilines is 1. The monoisotopic (exact) mass is 796 g/mol. The van der Waals surface area contributed by atoms with Crippen molar-refractivity contribution in [3.05, 3.63) is 40.2 Å². The van der Waals surface area contributed by atoms with Gasteiger partial charge in [-0.1, -0.05) is 35.1 Å². The highest BCUT2D eigenvalue weighted by Crippen LogP contribution is 2.44. The number of nitrogen functional groups attached to an aromatic ring is 1. The van der Waals surface area contributed by atoms with Crippen molar-refractivity contribution in [2.24, 2.45) is 4.74 Å². The van der Waals surface area contributed by atoms with Crippen molar-refractivity contribution < 1.29 is 48.1 Å². The fraction of sp³-hybridized carbons (Fsp3) is 0.467. The van der Waals surface area contributed by atoms with E-state index >= 15 is 0 Å². The van der Waals surface area contributed by atoms with Gasteiger partial charge in [0, 0.05) is 40.8 Å². The predicted molar refractivity (Wildman–Crippen MR) is 178 cm³/mol. The second-order valence-corrected chi connectivity index (χ2v) is 13.4. The minimum Gasteiger partial charge on any atom is -0.575 e. The lowest BCUT2D eigenvalue weighted by molar-refractivity contribution is -0.170. The summed E-state index contributed by atoms with van der Waals surface area (Å²) < 4.78 is 40.1. The van der Waals surface area contributed by atoms with Crippen LogP contribution in [0.1, 0.15) is 32.9 Å². The molecule has 6 rings (SSSR count). The number of methoxy groups -OCH3 is 1. The quantitative estimate of drug-likeness (QED) is 0.0910. The summed E-state index contributed by atoms with van der Waals surface area (Å²) in [6.07, 6.45) is -2.72. The van der Waals surface area contributed by atoms with Gasteiger partial charge in [0.1, 0.15) is 30.5 Å². The number of aliphatic hydroxyl groups excluding tert-OH is 1. The average molecular weight is 797 g/mol. The molecule has 4 heterocycles. The van der Waals surface area contributed by atoms with E-state index in [0.717, 1.165) is 5.39 Å². The lowest BCUT2D eigenvalue weighted by Gasteiger charge is -2.27. The van der Waals surface area contributed by atoms with Gasteiger partial charge in [-0.2, -0.15) is 9.97 Å². The molecule has 0 amide bonds. The molecule has 16 nitrogen and oxygen atoms in total. The third-order valence-corrected chi connectivity index (χ3v) is 9.77. The van der Waals surface area contributed by atoms with E-state index < -0.39 is 44.2 Å². The van der Waals surface area contributed by atoms with E-state index in [-0.39, 0.29) is 41.7 Å². The number of nitrogens with zero attached hydrogens (tertiary/aromatic N) is 5. The Morgan fingerprint density at radius 3 is 2.75 bits per heavy atom. The van der Waals surface area contributed by atoms with Crippen molar-refractivity contribution in [3.63, 3.8) is 0 Å². The van der Waals surface area contributed by atoms with Crippen LogP contribution in [0.15, 0.2) is 41.1 Å². The number of hydrogen-bond donors (Lipinski definition) is 3. The van der Waals surface area contributed by atoms with Gasteiger partial charge in [-0.05, 0) is 25.3 Å². The van der Waals surface area contributed by atoms with Crippen LogP contribution >= 0.6 is 30.8 Å². The summed E-state index contributed by atoms with van der Waals surface area (Å²) in [5.74, 6) is -0.240. The molecule has 6 atom stereocenters. The van der Waals surface area contributed by atoms with Crippen LogP contribution in [0, 0.1) is 3.83 Å². The highest BCUT2D eigenvalue weighted by Gasteiger charge is 2.54. The number of carbonyl (C=O) groups is 1. The second-order valence-electron chi connectivity index (χ2n) is 11.5. The minimum absolute atomic E-state index is 0.0746. The number of carbonyl (C=O) groups excluding carboxylic acids is 1. The van der Waals surface area contributed by atoms with Gasteiger partial charge in [0.15, 0.2) is 33.0 Å². The number of imidazole rings is 1. The van der Waals surface area contributed by atoms with Gasteiger partial charge in [-0.15, -0.1) is 0 Å². The molecular formula is C30H34IN6O10P. The number of ether oxygens (including phenoxy) is 5. The molecule has 4 N–H and O–H groups in total. The highest BCUT2D eigenvalue weighted by molar-refractivity contribution is 14.1. The molecule has 4 aromatic rings. The Morgan fingerprint density at radius 1 is 1.25 bits per heavy atom. The first kappa shape index (κ1) is 34.4. The Morgan fingerprint density at radius 2 is 2.00 bits per heavy atom. The molecule has 0 saturated carbocycles. The zero-order valence-corrected chi connectivity index (χ0v) is 29.2. The van der Waals surface area contributed by atoms with E-state index in [1.54, 1.807) is 24.3 Å². The number of fused-ring (bicyclic) bond motifs is 2. The molecule has 2 aliphatic heterocycles. The zero-order chi connectivity index (χ0) is 34.2. The van der Waals surface area contributed by atoms with Crippen molar-refractivity contribution in [1.29, 1.82) is 0 Å². The molecule has 48 heavy (non-hydrogen) atoms. The Bertz CT molecular complexity index is 1850. The SMILES string of the molecule is COc1nc(N)nc2c1nc(I)n2C1O[C@H](COc2ccc3ccccc3c2O[P+]([O-])=N[C@@H](C)C(=O)OC2CCOCC2)[C@@H](O)[C@@]1(C)O. The topological polar surface area (TPSA) is 218 Å². The van der Waals surface area contributed by atoms with Crippen LogP contribution in [0.4, 0.5) is 5.95 Å². The first-order chi connectivity index (χ1) is 23.0. The molecule has 0 spiro atoms. The second kappa shape index (κ2) is 14.2. The molecule has 0 bridgehead atoms. The van der Waals surface area contributed by atoms with E-state index in [0.29, 0.717) is 40.8 Å². The van der Waals surface area contributed by atoms with Gasteiger partial charge in [-0.3, -0.25) is 9.09 Å². The number of aromatic nitrogens is 4. The Hall–Kier alpha value is -3.45. The summed E-state index contributed by atoms with van der Waals surface area (Å²) >= 11 is 1.95. The molecule has 18 heteroatoms. The first-order valence-electron chi connectivity index (χ1n) is 15.1. The normalized spacial score (nSPS) is 24.1. The summed E-state index contributed by atoms with van der Waals surface area (Å²) in [6.45, 7) is 3.68. The van der Waals surface area contributed by atoms with Crippen LogP contribution in [-0.2, 0) is 19.0 Å². The maximum Gasteiger partial charge on any atom is 0.395 e. The molecule has 256 valence electrons. The average Bonchev–Trinajstić information content (AvgIpc) is 3.50. The molecule has 2 aromatic heterocycles. The number of nitrogens with two attached hydrogens (primary N) is 1. The molecular weight excluding hydrogens is 762 g/mol. The van der Waals surface area contributed by atoms with Crippen LogP contribution < -0.4 is 24.6 Å². The molecule has 2 saturated heterocycles. The van der Waals surface area contributed by atoms with E-state index in [9.17, 15) is 19.9 Å². The van der Waals surface area contributed by atoms with Crippen LogP contribution in [0.25, 0.3) is 21.9 Å². The van der Waals surface area contributed by atoms with Crippen molar-refractivity contribution in [1.82, 2.24) is 19.5 Å². The number of benzene rings is 2. The fourth-order valence-corrected chi connectivity index (χ4v) is 7.08. The van der Waals surface area contributed by atoms with Gasteiger partial charge in [-0.25, -0.2) is 9.78 Å². The maximum atomic E-state index is 13.1. The first-order valence-corrected chi connectivity index (χ1v) is 17.3. The summed E-state index contributed by atoms with van der Waals surface area (Å²) in [4.78, 5) is 38.5. The summed E-state index contributed by atoms with van der Waals surface area (Å²) in [5, 5.41) is 24.1. The van der Waals surface area contributed by atoms with E-state index in [4.69, 9.17) is 33.9 Å². The van der Waals surface area contributed by atoms with Crippen LogP contribution in [-0.4, -0.2) is 92.6 Å². The molecule has 0 radical (unpaired) electrons. The lowest BCUT2D eigenvalue weighted by Crippen LogP contribution is -2.45. The molecule has 2 unspecified atom stereocenters. The highest BCUT2D eigenvalue weighted by atomic mass is 127. The van der Waals surface area contributed by atoms with Crippen LogP contribution in [0.3, 0.4) is 0 Å². The molecule has 0 aliphatic carbocycles. The minimum atomic E-state index is -2.74. The van der Waals surface area contributed by atoms with Crippen LogP contribution in [0.5, 0.6) is 17.4 Å². The largest absolute Gasteiger partial charge is 0.575 e. The summed E-state index contributed by atoms with van der Waals surface area (Å²) in [7, 11) is -1.32. The van der Waals surface area contributed by atoms with Crippen molar-refractivity contribution >= 4 is 64.6 Å². The van der Waals surface area contributed by atoms with Gasteiger partial charge in [0.25, 0.3) is 0 Å². The molecule has 2 aliphatic rings. The van der Waals surface area contributed by atoms with Crippen molar-refractivity contribution in [2.45, 2.75) is 62.9 Å². The fourth-order valence-electron chi connectivity index (χ4n) is 5.59. The standard InChI is InChI=1S/C30H34IN6O10P/c1-15(26(39)45-17-10-12-43-13-11-17)36-48(41)47-22-18-7-5-4-6-16(18)8-9-19(22)44-14-20-23(38)30(2,40)27(46-20)37-24-21(33-28(37)31)25(42-3)35-29(32)34-24/h4-9,15,17,20,23,27,38,40H,10-14H2,1-3H3,(H2,32,34,35)/t15-,20+,23+,27?,30+/m0/s1. The van der Waals surface area contributed by atoms with E-state index in [1.807, 2.05) is 34.7 Å². The van der Waals surface area contributed by atoms with Crippen molar-refractivity contribution in [3.8, 4) is 17.4 Å². The van der Waals surface area contributed by atoms with Gasteiger partial charge in [0.05, 0.1) is 20.3 Å². The maximum absolute atomic E-state index is 13.1. The number of hydrogen-bond acceptors (Lipinski definition) is 15. The van der Waals surface area contributed by atoms with Crippen LogP contribution in [0.2, 0.25) is 0 Å². The molecule has 2 fully saturated rings. The third-order valence-electron chi connectivity index (χ3n) is 8.14. The number of halogens is 1. The molecule has 2 aromatic carbocycles. The number of rotatable bonds is 10. The van der Waals surface area contributed by atoms with Gasteiger partial charge in [0.2, 0.25) is 17.6 Å². The van der Waals surface area contributed by atoms with Crippen molar-refractivity contribution in [2.75, 3.05) is 32.7 Å². The van der Waals surface area contributed by atoms with Gasteiger partial charge < -0.3 is 44.5 Å².